The van der Waals surface area contributed by atoms with Gasteiger partial charge >= 0.3 is 18.2 Å². The average molecular weight is 461 g/mol. The quantitative estimate of drug-likeness (QED) is 0.493. The molecule has 10 heteroatoms. The number of rotatable bonds is 2. The van der Waals surface area contributed by atoms with Crippen molar-refractivity contribution in [1.29, 1.82) is 0 Å². The van der Waals surface area contributed by atoms with Crippen LogP contribution in [0.2, 0.25) is 0 Å². The van der Waals surface area contributed by atoms with Crippen LogP contribution in [-0.4, -0.2) is 33.3 Å². The third kappa shape index (κ3) is 5.10. The third-order valence-electron chi connectivity index (χ3n) is 4.92. The molecule has 0 unspecified atom stereocenters. The van der Waals surface area contributed by atoms with E-state index in [0.29, 0.717) is 16.9 Å². The number of benzene rings is 2. The maximum Gasteiger partial charge on any atom is 0.471 e. The Bertz CT molecular complexity index is 1140. The number of carbonyl (C=O) groups is 1. The summed E-state index contributed by atoms with van der Waals surface area (Å²) in [5.74, 6) is -1.21. The van der Waals surface area contributed by atoms with E-state index in [1.807, 2.05) is 30.3 Å². The van der Waals surface area contributed by atoms with E-state index < -0.39 is 29.8 Å². The van der Waals surface area contributed by atoms with Gasteiger partial charge in [-0.1, -0.05) is 47.6 Å². The first-order chi connectivity index (χ1) is 15.5. The van der Waals surface area contributed by atoms with Gasteiger partial charge in [0, 0.05) is 11.1 Å². The molecule has 1 aliphatic rings. The number of nitrogens with zero attached hydrogens (tertiary/aromatic N) is 3. The molecule has 0 radical (unpaired) electrons. The smallest absolute Gasteiger partial charge is 0.471 e. The van der Waals surface area contributed by atoms with Crippen molar-refractivity contribution in [3.8, 4) is 17.1 Å². The van der Waals surface area contributed by atoms with E-state index in [-0.39, 0.29) is 19.0 Å². The Labute approximate surface area is 188 Å². The topological polar surface area (TPSA) is 77.7 Å². The lowest BCUT2D eigenvalue weighted by Crippen LogP contribution is -2.39. The number of carbonyl (C=O) groups excluding carboxylic acids is 1. The van der Waals surface area contributed by atoms with Gasteiger partial charge in [0.2, 0.25) is 5.82 Å². The van der Waals surface area contributed by atoms with Crippen LogP contribution in [0.5, 0.6) is 5.75 Å². The second-order valence-electron chi connectivity index (χ2n) is 8.59. The normalized spacial score (nSPS) is 16.5. The van der Waals surface area contributed by atoms with Gasteiger partial charge in [0.1, 0.15) is 18.0 Å². The number of ether oxygens (including phenoxy) is 2. The minimum absolute atomic E-state index is 0.125. The van der Waals surface area contributed by atoms with Crippen molar-refractivity contribution < 1.29 is 32.0 Å². The van der Waals surface area contributed by atoms with Crippen LogP contribution in [0, 0.1) is 0 Å². The van der Waals surface area contributed by atoms with Crippen LogP contribution in [0.4, 0.5) is 18.0 Å². The molecule has 0 N–H and O–H groups in total. The van der Waals surface area contributed by atoms with E-state index in [1.165, 1.54) is 0 Å². The molecule has 0 saturated heterocycles. The van der Waals surface area contributed by atoms with Gasteiger partial charge in [-0.3, -0.25) is 4.90 Å². The van der Waals surface area contributed by atoms with Crippen molar-refractivity contribution in [2.24, 2.45) is 0 Å². The van der Waals surface area contributed by atoms with Crippen molar-refractivity contribution in [3.63, 3.8) is 0 Å². The Hall–Kier alpha value is -3.56. The van der Waals surface area contributed by atoms with Crippen LogP contribution in [0.1, 0.15) is 43.8 Å². The molecule has 0 saturated carbocycles. The van der Waals surface area contributed by atoms with E-state index in [2.05, 4.69) is 14.7 Å². The number of fused-ring (bicyclic) bond motifs is 1. The standard InChI is InChI=1S/C23H22F3N3O4/c1-22(2,3)32-21(30)29-12-16-10-9-15(19-27-20(33-28-19)23(24,25)26)11-18(16)31-13-17(29)14-7-5-4-6-8-14/h4-11,17H,12-13H2,1-3H3/t17-/m1/s1. The van der Waals surface area contributed by atoms with Gasteiger partial charge < -0.3 is 14.0 Å². The third-order valence-corrected chi connectivity index (χ3v) is 4.92. The predicted octanol–water partition coefficient (Wildman–Crippen LogP) is 5.63. The van der Waals surface area contributed by atoms with Crippen molar-refractivity contribution in [3.05, 3.63) is 65.5 Å². The van der Waals surface area contributed by atoms with Gasteiger partial charge in [0.25, 0.3) is 0 Å². The minimum atomic E-state index is -4.73. The van der Waals surface area contributed by atoms with Gasteiger partial charge in [-0.25, -0.2) is 4.79 Å². The molecular weight excluding hydrogens is 439 g/mol. The molecule has 7 nitrogen and oxygen atoms in total. The lowest BCUT2D eigenvalue weighted by molar-refractivity contribution is -0.159. The summed E-state index contributed by atoms with van der Waals surface area (Å²) < 4.78 is 54.4. The van der Waals surface area contributed by atoms with Gasteiger partial charge in [0.05, 0.1) is 12.6 Å². The van der Waals surface area contributed by atoms with Crippen LogP contribution < -0.4 is 4.74 Å². The Morgan fingerprint density at radius 3 is 2.48 bits per heavy atom. The number of hydrogen-bond donors (Lipinski definition) is 0. The monoisotopic (exact) mass is 461 g/mol. The molecule has 1 aromatic heterocycles. The largest absolute Gasteiger partial charge is 0.491 e. The summed E-state index contributed by atoms with van der Waals surface area (Å²) in [6.45, 7) is 5.68. The molecule has 4 rings (SSSR count). The fourth-order valence-electron chi connectivity index (χ4n) is 3.43. The number of alkyl halides is 3. The van der Waals surface area contributed by atoms with E-state index in [1.54, 1.807) is 43.9 Å². The summed E-state index contributed by atoms with van der Waals surface area (Å²) in [7, 11) is 0. The second kappa shape index (κ2) is 8.42. The van der Waals surface area contributed by atoms with E-state index >= 15 is 0 Å². The van der Waals surface area contributed by atoms with Crippen LogP contribution in [-0.2, 0) is 17.5 Å². The summed E-state index contributed by atoms with van der Waals surface area (Å²) in [6.07, 6.45) is -5.23. The summed E-state index contributed by atoms with van der Waals surface area (Å²) in [4.78, 5) is 18.1. The molecule has 2 aromatic carbocycles. The SMILES string of the molecule is CC(C)(C)OC(=O)N1Cc2ccc(-c3noc(C(F)(F)F)n3)cc2OC[C@@H]1c1ccccc1. The Kier molecular flexibility index (Phi) is 5.77. The fraction of sp³-hybridized carbons (Fsp3) is 0.348. The zero-order valence-electron chi connectivity index (χ0n) is 18.2. The highest BCUT2D eigenvalue weighted by molar-refractivity contribution is 5.70. The minimum Gasteiger partial charge on any atom is -0.491 e. The van der Waals surface area contributed by atoms with Gasteiger partial charge in [-0.05, 0) is 32.4 Å². The molecule has 3 aromatic rings. The van der Waals surface area contributed by atoms with Gasteiger partial charge in [-0.2, -0.15) is 18.2 Å². The first-order valence-electron chi connectivity index (χ1n) is 10.2. The van der Waals surface area contributed by atoms with Gasteiger partial charge in [0.15, 0.2) is 0 Å². The predicted molar refractivity (Wildman–Crippen MR) is 111 cm³/mol. The molecular formula is C23H22F3N3O4. The highest BCUT2D eigenvalue weighted by atomic mass is 19.4. The first kappa shape index (κ1) is 22.6. The molecule has 0 bridgehead atoms. The molecule has 1 aliphatic heterocycles. The van der Waals surface area contributed by atoms with Crippen LogP contribution >= 0.6 is 0 Å². The molecule has 2 heterocycles. The number of amides is 1. The lowest BCUT2D eigenvalue weighted by atomic mass is 10.1. The molecule has 0 fully saturated rings. The number of halogens is 3. The van der Waals surface area contributed by atoms with Crippen LogP contribution in [0.3, 0.4) is 0 Å². The second-order valence-corrected chi connectivity index (χ2v) is 8.59. The van der Waals surface area contributed by atoms with E-state index in [0.717, 1.165) is 5.56 Å². The van der Waals surface area contributed by atoms with Crippen LogP contribution in [0.15, 0.2) is 53.1 Å². The van der Waals surface area contributed by atoms with Gasteiger partial charge in [-0.15, -0.1) is 0 Å². The molecule has 33 heavy (non-hydrogen) atoms. The van der Waals surface area contributed by atoms with E-state index in [4.69, 9.17) is 9.47 Å². The van der Waals surface area contributed by atoms with Crippen molar-refractivity contribution in [2.45, 2.75) is 45.1 Å². The fourth-order valence-corrected chi connectivity index (χ4v) is 3.43. The lowest BCUT2D eigenvalue weighted by Gasteiger charge is -2.32. The average Bonchev–Trinajstić information content (AvgIpc) is 3.16. The molecule has 0 aliphatic carbocycles. The first-order valence-corrected chi connectivity index (χ1v) is 10.2. The highest BCUT2D eigenvalue weighted by Gasteiger charge is 2.39. The molecule has 174 valence electrons. The Balaban J connectivity index is 1.67. The summed E-state index contributed by atoms with van der Waals surface area (Å²) in [5, 5.41) is 3.43. The van der Waals surface area contributed by atoms with Crippen LogP contribution in [0.25, 0.3) is 11.4 Å². The zero-order valence-corrected chi connectivity index (χ0v) is 18.2. The summed E-state index contributed by atoms with van der Waals surface area (Å²) in [6, 6.07) is 13.7. The van der Waals surface area contributed by atoms with E-state index in [9.17, 15) is 18.0 Å². The van der Waals surface area contributed by atoms with Crippen molar-refractivity contribution in [1.82, 2.24) is 15.0 Å². The molecule has 1 amide bonds. The zero-order chi connectivity index (χ0) is 23.8. The Morgan fingerprint density at radius 1 is 1.12 bits per heavy atom. The highest BCUT2D eigenvalue weighted by Crippen LogP contribution is 2.36. The molecule has 0 spiro atoms. The number of aromatic nitrogens is 2. The summed E-state index contributed by atoms with van der Waals surface area (Å²) >= 11 is 0. The number of hydrogen-bond acceptors (Lipinski definition) is 6. The Morgan fingerprint density at radius 2 is 1.85 bits per heavy atom. The maximum atomic E-state index is 13.1. The molecule has 1 atom stereocenters. The maximum absolute atomic E-state index is 13.1. The summed E-state index contributed by atoms with van der Waals surface area (Å²) in [5.41, 5.74) is 1.15. The van der Waals surface area contributed by atoms with Crippen molar-refractivity contribution >= 4 is 6.09 Å². The van der Waals surface area contributed by atoms with Crippen molar-refractivity contribution in [2.75, 3.05) is 6.61 Å².